The lowest BCUT2D eigenvalue weighted by Crippen LogP contribution is -2.35. The highest BCUT2D eigenvalue weighted by Crippen LogP contribution is 2.21. The van der Waals surface area contributed by atoms with E-state index in [0.717, 1.165) is 17.9 Å². The number of nitrogens with zero attached hydrogens (tertiary/aromatic N) is 1. The highest BCUT2D eigenvalue weighted by Gasteiger charge is 2.02. The van der Waals surface area contributed by atoms with Crippen LogP contribution in [0.5, 0.6) is 11.6 Å². The SMILES string of the molecule is CCCCc1ccc(Oc2ccc(NCC(=O)NN)cn2)cc1. The minimum Gasteiger partial charge on any atom is -0.439 e. The molecule has 2 rings (SSSR count). The second kappa shape index (κ2) is 8.75. The standard InChI is InChI=1S/C17H22N4O2/c1-2-3-4-13-5-8-15(9-6-13)23-17-10-7-14(11-20-17)19-12-16(22)21-18/h5-11,19H,2-4,12,18H2,1H3,(H,21,22). The van der Waals surface area contributed by atoms with Gasteiger partial charge >= 0.3 is 0 Å². The molecule has 23 heavy (non-hydrogen) atoms. The van der Waals surface area contributed by atoms with Crippen molar-refractivity contribution in [2.24, 2.45) is 5.84 Å². The van der Waals surface area contributed by atoms with Crippen molar-refractivity contribution in [1.29, 1.82) is 0 Å². The summed E-state index contributed by atoms with van der Waals surface area (Å²) < 4.78 is 5.70. The first-order valence-corrected chi connectivity index (χ1v) is 7.67. The molecule has 6 nitrogen and oxygen atoms in total. The lowest BCUT2D eigenvalue weighted by molar-refractivity contribution is -0.119. The zero-order valence-electron chi connectivity index (χ0n) is 13.2. The zero-order valence-corrected chi connectivity index (χ0v) is 13.2. The number of aromatic nitrogens is 1. The molecule has 4 N–H and O–H groups in total. The van der Waals surface area contributed by atoms with Gasteiger partial charge in [-0.3, -0.25) is 10.2 Å². The van der Waals surface area contributed by atoms with Crippen LogP contribution in [0.4, 0.5) is 5.69 Å². The fourth-order valence-corrected chi connectivity index (χ4v) is 2.00. The number of hydrazine groups is 1. The van der Waals surface area contributed by atoms with Crippen molar-refractivity contribution in [2.75, 3.05) is 11.9 Å². The predicted molar refractivity (Wildman–Crippen MR) is 90.2 cm³/mol. The number of anilines is 1. The quantitative estimate of drug-likeness (QED) is 0.396. The summed E-state index contributed by atoms with van der Waals surface area (Å²) in [6.07, 6.45) is 5.08. The van der Waals surface area contributed by atoms with Gasteiger partial charge in [-0.1, -0.05) is 25.5 Å². The van der Waals surface area contributed by atoms with Crippen molar-refractivity contribution in [2.45, 2.75) is 26.2 Å². The Hall–Kier alpha value is -2.60. The number of nitrogens with two attached hydrogens (primary N) is 1. The lowest BCUT2D eigenvalue weighted by Gasteiger charge is -2.08. The van der Waals surface area contributed by atoms with Crippen LogP contribution in [0.2, 0.25) is 0 Å². The maximum Gasteiger partial charge on any atom is 0.253 e. The third-order valence-corrected chi connectivity index (χ3v) is 3.32. The Bertz CT molecular complexity index is 611. The van der Waals surface area contributed by atoms with Gasteiger partial charge in [0.1, 0.15) is 5.75 Å². The van der Waals surface area contributed by atoms with Gasteiger partial charge in [0, 0.05) is 6.07 Å². The van der Waals surface area contributed by atoms with Gasteiger partial charge in [-0.2, -0.15) is 0 Å². The van der Waals surface area contributed by atoms with E-state index in [9.17, 15) is 4.79 Å². The monoisotopic (exact) mass is 314 g/mol. The second-order valence-corrected chi connectivity index (χ2v) is 5.16. The first-order chi connectivity index (χ1) is 11.2. The van der Waals surface area contributed by atoms with Crippen LogP contribution in [0.3, 0.4) is 0 Å². The van der Waals surface area contributed by atoms with Crippen LogP contribution in [0.15, 0.2) is 42.6 Å². The number of nitrogens with one attached hydrogen (secondary N) is 2. The summed E-state index contributed by atoms with van der Waals surface area (Å²) in [6.45, 7) is 2.28. The van der Waals surface area contributed by atoms with Gasteiger partial charge in [0.15, 0.2) is 0 Å². The largest absolute Gasteiger partial charge is 0.439 e. The molecule has 0 aliphatic rings. The number of pyridine rings is 1. The Morgan fingerprint density at radius 3 is 2.61 bits per heavy atom. The Balaban J connectivity index is 1.88. The van der Waals surface area contributed by atoms with E-state index in [1.54, 1.807) is 18.3 Å². The Morgan fingerprint density at radius 2 is 2.00 bits per heavy atom. The summed E-state index contributed by atoms with van der Waals surface area (Å²) in [4.78, 5) is 15.2. The number of unbranched alkanes of at least 4 members (excludes halogenated alkanes) is 1. The van der Waals surface area contributed by atoms with Crippen molar-refractivity contribution in [1.82, 2.24) is 10.4 Å². The summed E-state index contributed by atoms with van der Waals surface area (Å²) in [7, 11) is 0. The highest BCUT2D eigenvalue weighted by atomic mass is 16.5. The smallest absolute Gasteiger partial charge is 0.253 e. The molecule has 0 atom stereocenters. The number of amides is 1. The molecule has 0 saturated carbocycles. The Labute approximate surface area is 136 Å². The average molecular weight is 314 g/mol. The molecular formula is C17H22N4O2. The number of rotatable bonds is 8. The van der Waals surface area contributed by atoms with Gasteiger partial charge in [0.05, 0.1) is 18.4 Å². The average Bonchev–Trinajstić information content (AvgIpc) is 2.60. The van der Waals surface area contributed by atoms with E-state index in [0.29, 0.717) is 5.88 Å². The first kappa shape index (κ1) is 16.8. The van der Waals surface area contributed by atoms with Crippen molar-refractivity contribution in [3.05, 3.63) is 48.2 Å². The predicted octanol–water partition coefficient (Wildman–Crippen LogP) is 2.62. The molecular weight excluding hydrogens is 292 g/mol. The fourth-order valence-electron chi connectivity index (χ4n) is 2.00. The number of aryl methyl sites for hydroxylation is 1. The van der Waals surface area contributed by atoms with Gasteiger partial charge in [-0.15, -0.1) is 0 Å². The van der Waals surface area contributed by atoms with Gasteiger partial charge < -0.3 is 10.1 Å². The van der Waals surface area contributed by atoms with Crippen LogP contribution in [-0.4, -0.2) is 17.4 Å². The van der Waals surface area contributed by atoms with Crippen LogP contribution >= 0.6 is 0 Å². The number of hydrogen-bond acceptors (Lipinski definition) is 5. The van der Waals surface area contributed by atoms with E-state index in [2.05, 4.69) is 29.4 Å². The number of ether oxygens (including phenoxy) is 1. The Morgan fingerprint density at radius 1 is 1.22 bits per heavy atom. The first-order valence-electron chi connectivity index (χ1n) is 7.67. The van der Waals surface area contributed by atoms with E-state index in [-0.39, 0.29) is 12.5 Å². The van der Waals surface area contributed by atoms with Gasteiger partial charge in [-0.25, -0.2) is 10.8 Å². The second-order valence-electron chi connectivity index (χ2n) is 5.16. The van der Waals surface area contributed by atoms with Crippen LogP contribution in [-0.2, 0) is 11.2 Å². The third-order valence-electron chi connectivity index (χ3n) is 3.32. The van der Waals surface area contributed by atoms with Gasteiger partial charge in [-0.05, 0) is 36.6 Å². The molecule has 0 spiro atoms. The molecule has 6 heteroatoms. The van der Waals surface area contributed by atoms with Crippen LogP contribution in [0, 0.1) is 0 Å². The number of hydrogen-bond donors (Lipinski definition) is 3. The normalized spacial score (nSPS) is 10.2. The fraction of sp³-hybridized carbons (Fsp3) is 0.294. The molecule has 1 heterocycles. The van der Waals surface area contributed by atoms with Crippen LogP contribution in [0.1, 0.15) is 25.3 Å². The molecule has 122 valence electrons. The minimum absolute atomic E-state index is 0.0948. The number of carbonyl (C=O) groups is 1. The van der Waals surface area contributed by atoms with Crippen molar-refractivity contribution in [3.63, 3.8) is 0 Å². The molecule has 0 unspecified atom stereocenters. The molecule has 1 aromatic carbocycles. The zero-order chi connectivity index (χ0) is 16.5. The molecule has 1 amide bonds. The van der Waals surface area contributed by atoms with E-state index < -0.39 is 0 Å². The van der Waals surface area contributed by atoms with Crippen LogP contribution in [0.25, 0.3) is 0 Å². The van der Waals surface area contributed by atoms with E-state index >= 15 is 0 Å². The summed E-state index contributed by atoms with van der Waals surface area (Å²) in [5.41, 5.74) is 4.08. The summed E-state index contributed by atoms with van der Waals surface area (Å²) in [5, 5.41) is 2.90. The van der Waals surface area contributed by atoms with Gasteiger partial charge in [0.2, 0.25) is 5.88 Å². The van der Waals surface area contributed by atoms with Crippen LogP contribution < -0.4 is 21.3 Å². The molecule has 1 aromatic heterocycles. The van der Waals surface area contributed by atoms with Gasteiger partial charge in [0.25, 0.3) is 5.91 Å². The molecule has 0 fully saturated rings. The van der Waals surface area contributed by atoms with Crippen molar-refractivity contribution in [3.8, 4) is 11.6 Å². The van der Waals surface area contributed by atoms with E-state index in [4.69, 9.17) is 10.6 Å². The maximum absolute atomic E-state index is 11.0. The minimum atomic E-state index is -0.298. The molecule has 0 aliphatic carbocycles. The highest BCUT2D eigenvalue weighted by molar-refractivity contribution is 5.79. The molecule has 0 aliphatic heterocycles. The van der Waals surface area contributed by atoms with Crippen molar-refractivity contribution >= 4 is 11.6 Å². The Kier molecular flexibility index (Phi) is 6.38. The number of carbonyl (C=O) groups excluding carboxylic acids is 1. The number of benzene rings is 1. The van der Waals surface area contributed by atoms with Crippen molar-refractivity contribution < 1.29 is 9.53 Å². The lowest BCUT2D eigenvalue weighted by atomic mass is 10.1. The van der Waals surface area contributed by atoms with E-state index in [1.165, 1.54) is 18.4 Å². The summed E-state index contributed by atoms with van der Waals surface area (Å²) in [5.74, 6) is 5.96. The topological polar surface area (TPSA) is 89.3 Å². The summed E-state index contributed by atoms with van der Waals surface area (Å²) in [6, 6.07) is 11.6. The molecule has 0 bridgehead atoms. The molecule has 0 saturated heterocycles. The van der Waals surface area contributed by atoms with E-state index in [1.807, 2.05) is 17.6 Å². The third kappa shape index (κ3) is 5.60. The molecule has 0 radical (unpaired) electrons. The summed E-state index contributed by atoms with van der Waals surface area (Å²) >= 11 is 0. The molecule has 2 aromatic rings. The maximum atomic E-state index is 11.0.